The molecule has 0 aliphatic rings. The van der Waals surface area contributed by atoms with Gasteiger partial charge < -0.3 is 25.4 Å². The number of pyridine rings is 1. The number of nitrogens with two attached hydrogens (primary N) is 1. The van der Waals surface area contributed by atoms with Gasteiger partial charge in [-0.1, -0.05) is 43.1 Å². The molecular formula is C26H29Cl2N7O3. The van der Waals surface area contributed by atoms with E-state index in [9.17, 15) is 9.59 Å². The molecule has 0 radical (unpaired) electrons. The number of carbonyl (C=O) groups is 1. The van der Waals surface area contributed by atoms with Crippen LogP contribution < -0.4 is 21.4 Å². The van der Waals surface area contributed by atoms with E-state index < -0.39 is 5.56 Å². The Balaban J connectivity index is 1.74. The second-order valence-corrected chi connectivity index (χ2v) is 9.43. The van der Waals surface area contributed by atoms with Gasteiger partial charge in [-0.2, -0.15) is 0 Å². The summed E-state index contributed by atoms with van der Waals surface area (Å²) < 4.78 is 2.72. The van der Waals surface area contributed by atoms with E-state index >= 15 is 0 Å². The molecule has 0 aliphatic heterocycles. The van der Waals surface area contributed by atoms with Crippen LogP contribution in [0.5, 0.6) is 0 Å². The molecule has 0 bridgehead atoms. The van der Waals surface area contributed by atoms with Crippen LogP contribution in [0.3, 0.4) is 0 Å². The standard InChI is InChI=1S/C26H29Cl2N7O3/c1-5-34(6-2)11-10-30-25(36)20-12-15(14-33(20)3)23-31-22(29)17-13-16(21-18(27)8-7-9-19(21)28)26(37)35(38-4)24(17)32-23/h7-9,12-14H,5-6,10-11H2,1-4H3,(H,30,36)(H2,29,31,32). The summed E-state index contributed by atoms with van der Waals surface area (Å²) in [5.74, 6) is 0.144. The van der Waals surface area contributed by atoms with Crippen molar-refractivity contribution < 1.29 is 9.63 Å². The van der Waals surface area contributed by atoms with E-state index in [1.165, 1.54) is 7.11 Å². The number of rotatable bonds is 9. The molecule has 0 aliphatic carbocycles. The predicted molar refractivity (Wildman–Crippen MR) is 151 cm³/mol. The molecule has 0 saturated carbocycles. The van der Waals surface area contributed by atoms with Crippen molar-refractivity contribution in [2.24, 2.45) is 7.05 Å². The van der Waals surface area contributed by atoms with Crippen LogP contribution in [0.2, 0.25) is 10.0 Å². The van der Waals surface area contributed by atoms with E-state index in [1.807, 2.05) is 0 Å². The first-order valence-electron chi connectivity index (χ1n) is 12.1. The van der Waals surface area contributed by atoms with Crippen LogP contribution in [0, 0.1) is 0 Å². The van der Waals surface area contributed by atoms with Crippen LogP contribution in [-0.4, -0.2) is 63.4 Å². The highest BCUT2D eigenvalue weighted by Crippen LogP contribution is 2.35. The predicted octanol–water partition coefficient (Wildman–Crippen LogP) is 3.48. The lowest BCUT2D eigenvalue weighted by atomic mass is 10.1. The van der Waals surface area contributed by atoms with Gasteiger partial charge in [-0.15, -0.1) is 4.73 Å². The summed E-state index contributed by atoms with van der Waals surface area (Å²) in [4.78, 5) is 42.8. The SMILES string of the molecule is CCN(CC)CCNC(=O)c1cc(-c2nc(N)c3cc(-c4c(Cl)cccc4Cl)c(=O)n(OC)c3n2)cn1C. The summed E-state index contributed by atoms with van der Waals surface area (Å²) in [7, 11) is 3.11. The molecule has 4 rings (SSSR count). The second-order valence-electron chi connectivity index (χ2n) is 8.61. The number of benzene rings is 1. The number of carbonyl (C=O) groups excluding carboxylic acids is 1. The van der Waals surface area contributed by atoms with E-state index in [-0.39, 0.29) is 28.8 Å². The summed E-state index contributed by atoms with van der Waals surface area (Å²) in [5, 5.41) is 3.94. The molecule has 200 valence electrons. The van der Waals surface area contributed by atoms with Gasteiger partial charge in [0, 0.05) is 37.5 Å². The van der Waals surface area contributed by atoms with Crippen molar-refractivity contribution >= 4 is 46.0 Å². The number of nitrogens with zero attached hydrogens (tertiary/aromatic N) is 5. The van der Waals surface area contributed by atoms with Crippen LogP contribution in [0.15, 0.2) is 41.3 Å². The second kappa shape index (κ2) is 11.4. The summed E-state index contributed by atoms with van der Waals surface area (Å²) in [6, 6.07) is 8.20. The van der Waals surface area contributed by atoms with Gasteiger partial charge in [0.15, 0.2) is 11.5 Å². The monoisotopic (exact) mass is 557 g/mol. The smallest absolute Gasteiger partial charge is 0.293 e. The molecule has 0 unspecified atom stereocenters. The first-order chi connectivity index (χ1) is 18.2. The van der Waals surface area contributed by atoms with Gasteiger partial charge >= 0.3 is 0 Å². The van der Waals surface area contributed by atoms with Crippen molar-refractivity contribution in [3.05, 3.63) is 62.6 Å². The van der Waals surface area contributed by atoms with Gasteiger partial charge in [0.1, 0.15) is 18.6 Å². The highest BCUT2D eigenvalue weighted by Gasteiger charge is 2.21. The number of aryl methyl sites for hydroxylation is 1. The van der Waals surface area contributed by atoms with Crippen molar-refractivity contribution in [2.75, 3.05) is 39.0 Å². The number of anilines is 1. The molecule has 3 heterocycles. The molecule has 38 heavy (non-hydrogen) atoms. The summed E-state index contributed by atoms with van der Waals surface area (Å²) >= 11 is 12.7. The molecule has 3 aromatic heterocycles. The molecule has 4 aromatic rings. The van der Waals surface area contributed by atoms with E-state index in [4.69, 9.17) is 33.8 Å². The maximum Gasteiger partial charge on any atom is 0.293 e. The Morgan fingerprint density at radius 2 is 1.84 bits per heavy atom. The minimum atomic E-state index is -0.514. The first kappa shape index (κ1) is 27.4. The number of amides is 1. The molecule has 0 saturated heterocycles. The summed E-state index contributed by atoms with van der Waals surface area (Å²) in [6.07, 6.45) is 1.73. The van der Waals surface area contributed by atoms with Crippen molar-refractivity contribution in [3.8, 4) is 22.5 Å². The van der Waals surface area contributed by atoms with Gasteiger partial charge in [0.05, 0.1) is 21.0 Å². The number of fused-ring (bicyclic) bond motifs is 1. The van der Waals surface area contributed by atoms with Gasteiger partial charge in [0.2, 0.25) is 0 Å². The van der Waals surface area contributed by atoms with Crippen LogP contribution in [0.4, 0.5) is 5.82 Å². The third kappa shape index (κ3) is 5.20. The Morgan fingerprint density at radius 3 is 2.47 bits per heavy atom. The zero-order chi connectivity index (χ0) is 27.6. The third-order valence-corrected chi connectivity index (χ3v) is 7.00. The molecule has 1 amide bonds. The van der Waals surface area contributed by atoms with Crippen LogP contribution in [-0.2, 0) is 7.05 Å². The van der Waals surface area contributed by atoms with E-state index in [0.29, 0.717) is 38.8 Å². The van der Waals surface area contributed by atoms with Crippen LogP contribution >= 0.6 is 23.2 Å². The topological polar surface area (TPSA) is 120 Å². The van der Waals surface area contributed by atoms with Crippen LogP contribution in [0.25, 0.3) is 33.5 Å². The average molecular weight is 558 g/mol. The maximum atomic E-state index is 13.4. The number of nitrogen functional groups attached to an aromatic ring is 1. The maximum absolute atomic E-state index is 13.4. The largest absolute Gasteiger partial charge is 0.412 e. The molecule has 3 N–H and O–H groups in total. The summed E-state index contributed by atoms with van der Waals surface area (Å²) in [5.41, 5.74) is 7.54. The Morgan fingerprint density at radius 1 is 1.16 bits per heavy atom. The number of nitrogens with one attached hydrogen (secondary N) is 1. The molecule has 12 heteroatoms. The highest BCUT2D eigenvalue weighted by atomic mass is 35.5. The zero-order valence-corrected chi connectivity index (χ0v) is 23.1. The van der Waals surface area contributed by atoms with Crippen molar-refractivity contribution in [1.82, 2.24) is 29.5 Å². The molecule has 10 nitrogen and oxygen atoms in total. The van der Waals surface area contributed by atoms with E-state index in [0.717, 1.165) is 24.4 Å². The van der Waals surface area contributed by atoms with Crippen molar-refractivity contribution in [2.45, 2.75) is 13.8 Å². The van der Waals surface area contributed by atoms with E-state index in [2.05, 4.69) is 34.0 Å². The van der Waals surface area contributed by atoms with Gasteiger partial charge in [0.25, 0.3) is 11.5 Å². The summed E-state index contributed by atoms with van der Waals surface area (Å²) in [6.45, 7) is 7.29. The molecule has 0 spiro atoms. The minimum absolute atomic E-state index is 0.120. The molecular weight excluding hydrogens is 529 g/mol. The first-order valence-corrected chi connectivity index (χ1v) is 12.8. The molecule has 0 fully saturated rings. The number of aromatic nitrogens is 4. The van der Waals surface area contributed by atoms with E-state index in [1.54, 1.807) is 48.1 Å². The fourth-order valence-corrected chi connectivity index (χ4v) is 4.88. The van der Waals surface area contributed by atoms with Gasteiger partial charge in [-0.05, 0) is 37.4 Å². The minimum Gasteiger partial charge on any atom is -0.412 e. The van der Waals surface area contributed by atoms with Gasteiger partial charge in [-0.25, -0.2) is 9.97 Å². The van der Waals surface area contributed by atoms with Gasteiger partial charge in [-0.3, -0.25) is 9.59 Å². The van der Waals surface area contributed by atoms with Crippen LogP contribution in [0.1, 0.15) is 24.3 Å². The average Bonchev–Trinajstić information content (AvgIpc) is 3.28. The fraction of sp³-hybridized carbons (Fsp3) is 0.308. The third-order valence-electron chi connectivity index (χ3n) is 6.37. The lowest BCUT2D eigenvalue weighted by Crippen LogP contribution is -2.35. The Kier molecular flexibility index (Phi) is 8.25. The highest BCUT2D eigenvalue weighted by molar-refractivity contribution is 6.39. The van der Waals surface area contributed by atoms with Crippen molar-refractivity contribution in [3.63, 3.8) is 0 Å². The fourth-order valence-electron chi connectivity index (χ4n) is 4.28. The van der Waals surface area contributed by atoms with Crippen molar-refractivity contribution in [1.29, 1.82) is 0 Å². The Bertz CT molecular complexity index is 1540. The lowest BCUT2D eigenvalue weighted by molar-refractivity contribution is 0.0941. The zero-order valence-electron chi connectivity index (χ0n) is 21.6. The lowest BCUT2D eigenvalue weighted by Gasteiger charge is -2.17. The number of hydrogen-bond donors (Lipinski definition) is 2. The quantitative estimate of drug-likeness (QED) is 0.323. The number of hydrogen-bond acceptors (Lipinski definition) is 7. The number of halogens is 2. The molecule has 0 atom stereocenters. The number of likely N-dealkylation sites (N-methyl/N-ethyl adjacent to an activating group) is 1. The molecule has 1 aromatic carbocycles. The Labute approximate surface area is 229 Å². The Hall–Kier alpha value is -3.60. The normalized spacial score (nSPS) is 11.3.